The third-order valence-corrected chi connectivity index (χ3v) is 5.79. The van der Waals surface area contributed by atoms with E-state index in [2.05, 4.69) is 15.4 Å². The molecule has 0 bridgehead atoms. The summed E-state index contributed by atoms with van der Waals surface area (Å²) >= 11 is 0. The number of rotatable bonds is 7. The highest BCUT2D eigenvalue weighted by molar-refractivity contribution is 6.08. The second kappa shape index (κ2) is 10.7. The third-order valence-electron chi connectivity index (χ3n) is 5.79. The van der Waals surface area contributed by atoms with E-state index in [0.29, 0.717) is 22.5 Å². The molecule has 0 spiro atoms. The van der Waals surface area contributed by atoms with E-state index in [-0.39, 0.29) is 12.5 Å². The summed E-state index contributed by atoms with van der Waals surface area (Å²) < 4.78 is 6.21. The van der Waals surface area contributed by atoms with Crippen LogP contribution in [0.4, 0.5) is 5.69 Å². The molecule has 0 saturated heterocycles. The summed E-state index contributed by atoms with van der Waals surface area (Å²) in [5, 5.41) is 10.1. The Morgan fingerprint density at radius 2 is 1.61 bits per heavy atom. The molecule has 1 heterocycles. The number of carbonyl (C=O) groups is 3. The average Bonchev–Trinajstić information content (AvgIpc) is 3.35. The lowest BCUT2D eigenvalue weighted by Gasteiger charge is -2.08. The first-order chi connectivity index (χ1) is 17.4. The Morgan fingerprint density at radius 3 is 2.28 bits per heavy atom. The van der Waals surface area contributed by atoms with Crippen LogP contribution >= 0.6 is 0 Å². The van der Waals surface area contributed by atoms with Crippen molar-refractivity contribution in [2.75, 3.05) is 19.0 Å². The second-order valence-corrected chi connectivity index (χ2v) is 8.26. The molecular formula is C28H26N4O4. The van der Waals surface area contributed by atoms with E-state index in [9.17, 15) is 14.4 Å². The van der Waals surface area contributed by atoms with Gasteiger partial charge < -0.3 is 15.4 Å². The lowest BCUT2D eigenvalue weighted by molar-refractivity contribution is -0.139. The maximum absolute atomic E-state index is 13.3. The number of methoxy groups -OCH3 is 1. The standard InChI is InChI=1S/C28H26N4O4/c1-18-9-10-21(15-19(18)2)26-24(17-32(31-26)23-7-5-4-6-8-23)28(35)30-22-13-11-20(12-14-22)27(34)29-16-25(33)36-3/h4-15,17H,16H2,1-3H3,(H,29,34)(H,30,35). The first-order valence-corrected chi connectivity index (χ1v) is 11.3. The van der Waals surface area contributed by atoms with Gasteiger partial charge in [0.05, 0.1) is 18.4 Å². The number of benzene rings is 3. The van der Waals surface area contributed by atoms with E-state index in [1.807, 2.05) is 62.4 Å². The molecule has 8 nitrogen and oxygen atoms in total. The van der Waals surface area contributed by atoms with Crippen LogP contribution in [0.15, 0.2) is 79.0 Å². The van der Waals surface area contributed by atoms with Crippen LogP contribution in [0.25, 0.3) is 16.9 Å². The van der Waals surface area contributed by atoms with Crippen molar-refractivity contribution < 1.29 is 19.1 Å². The SMILES string of the molecule is COC(=O)CNC(=O)c1ccc(NC(=O)c2cn(-c3ccccc3)nc2-c2ccc(C)c(C)c2)cc1. The fourth-order valence-electron chi connectivity index (χ4n) is 3.59. The smallest absolute Gasteiger partial charge is 0.325 e. The number of hydrogen-bond acceptors (Lipinski definition) is 5. The zero-order chi connectivity index (χ0) is 25.7. The molecule has 4 rings (SSSR count). The topological polar surface area (TPSA) is 102 Å². The molecule has 2 amide bonds. The molecule has 182 valence electrons. The summed E-state index contributed by atoms with van der Waals surface area (Å²) in [4.78, 5) is 36.8. The normalized spacial score (nSPS) is 10.5. The molecular weight excluding hydrogens is 456 g/mol. The first kappa shape index (κ1) is 24.4. The van der Waals surface area contributed by atoms with Gasteiger partial charge in [0.2, 0.25) is 0 Å². The summed E-state index contributed by atoms with van der Waals surface area (Å²) in [5.41, 5.74) is 5.80. The number of nitrogens with one attached hydrogen (secondary N) is 2. The van der Waals surface area contributed by atoms with Crippen LogP contribution in [0, 0.1) is 13.8 Å². The van der Waals surface area contributed by atoms with Crippen molar-refractivity contribution in [3.63, 3.8) is 0 Å². The average molecular weight is 483 g/mol. The largest absolute Gasteiger partial charge is 0.468 e. The van der Waals surface area contributed by atoms with E-state index in [1.165, 1.54) is 7.11 Å². The molecule has 3 aromatic carbocycles. The van der Waals surface area contributed by atoms with Crippen molar-refractivity contribution in [1.29, 1.82) is 0 Å². The maximum atomic E-state index is 13.3. The molecule has 2 N–H and O–H groups in total. The Labute approximate surface area is 208 Å². The molecule has 8 heteroatoms. The van der Waals surface area contributed by atoms with E-state index in [1.54, 1.807) is 35.1 Å². The van der Waals surface area contributed by atoms with Gasteiger partial charge in [-0.05, 0) is 67.4 Å². The number of carbonyl (C=O) groups excluding carboxylic acids is 3. The Bertz CT molecular complexity index is 1410. The lowest BCUT2D eigenvalue weighted by atomic mass is 10.0. The van der Waals surface area contributed by atoms with Crippen LogP contribution in [0.1, 0.15) is 31.8 Å². The quantitative estimate of drug-likeness (QED) is 0.382. The second-order valence-electron chi connectivity index (χ2n) is 8.26. The van der Waals surface area contributed by atoms with Crippen molar-refractivity contribution in [2.24, 2.45) is 0 Å². The van der Waals surface area contributed by atoms with Gasteiger partial charge in [0.1, 0.15) is 12.2 Å². The van der Waals surface area contributed by atoms with E-state index >= 15 is 0 Å². The van der Waals surface area contributed by atoms with Gasteiger partial charge in [-0.2, -0.15) is 5.10 Å². The highest BCUT2D eigenvalue weighted by Gasteiger charge is 2.19. The zero-order valence-electron chi connectivity index (χ0n) is 20.2. The molecule has 36 heavy (non-hydrogen) atoms. The molecule has 0 fully saturated rings. The molecule has 0 aliphatic carbocycles. The van der Waals surface area contributed by atoms with Crippen molar-refractivity contribution >= 4 is 23.5 Å². The summed E-state index contributed by atoms with van der Waals surface area (Å²) in [6.07, 6.45) is 1.71. The minimum absolute atomic E-state index is 0.222. The summed E-state index contributed by atoms with van der Waals surface area (Å²) in [6.45, 7) is 3.84. The fraction of sp³-hybridized carbons (Fsp3) is 0.143. The van der Waals surface area contributed by atoms with Crippen molar-refractivity contribution in [1.82, 2.24) is 15.1 Å². The fourth-order valence-corrected chi connectivity index (χ4v) is 3.59. The van der Waals surface area contributed by atoms with Gasteiger partial charge in [0.25, 0.3) is 11.8 Å². The molecule has 0 radical (unpaired) electrons. The molecule has 1 aromatic heterocycles. The highest BCUT2D eigenvalue weighted by atomic mass is 16.5. The van der Waals surface area contributed by atoms with Gasteiger partial charge in [0, 0.05) is 23.0 Å². The van der Waals surface area contributed by atoms with Crippen LogP contribution in [-0.2, 0) is 9.53 Å². The van der Waals surface area contributed by atoms with Crippen LogP contribution < -0.4 is 10.6 Å². The monoisotopic (exact) mass is 482 g/mol. The Balaban J connectivity index is 1.59. The van der Waals surface area contributed by atoms with Crippen LogP contribution in [0.3, 0.4) is 0 Å². The summed E-state index contributed by atoms with van der Waals surface area (Å²) in [6, 6.07) is 22.0. The number of aromatic nitrogens is 2. The van der Waals surface area contributed by atoms with Gasteiger partial charge in [-0.3, -0.25) is 14.4 Å². The molecule has 0 atom stereocenters. The lowest BCUT2D eigenvalue weighted by Crippen LogP contribution is -2.30. The van der Waals surface area contributed by atoms with Crippen molar-refractivity contribution in [3.05, 3.63) is 101 Å². The van der Waals surface area contributed by atoms with Gasteiger partial charge in [0.15, 0.2) is 0 Å². The first-order valence-electron chi connectivity index (χ1n) is 11.3. The number of ether oxygens (including phenoxy) is 1. The number of aryl methyl sites for hydroxylation is 2. The predicted molar refractivity (Wildman–Crippen MR) is 137 cm³/mol. The predicted octanol–water partition coefficient (Wildman–Crippen LogP) is 4.31. The zero-order valence-corrected chi connectivity index (χ0v) is 20.2. The van der Waals surface area contributed by atoms with Gasteiger partial charge in [-0.15, -0.1) is 0 Å². The number of amides is 2. The minimum Gasteiger partial charge on any atom is -0.468 e. The third kappa shape index (κ3) is 5.50. The molecule has 4 aromatic rings. The summed E-state index contributed by atoms with van der Waals surface area (Å²) in [5.74, 6) is -1.28. The number of anilines is 1. The van der Waals surface area contributed by atoms with Crippen LogP contribution in [0.5, 0.6) is 0 Å². The number of para-hydroxylation sites is 1. The van der Waals surface area contributed by atoms with Crippen molar-refractivity contribution in [3.8, 4) is 16.9 Å². The van der Waals surface area contributed by atoms with E-state index < -0.39 is 11.9 Å². The maximum Gasteiger partial charge on any atom is 0.325 e. The number of hydrogen-bond donors (Lipinski definition) is 2. The van der Waals surface area contributed by atoms with E-state index in [0.717, 1.165) is 22.4 Å². The Morgan fingerprint density at radius 1 is 0.889 bits per heavy atom. The van der Waals surface area contributed by atoms with E-state index in [4.69, 9.17) is 5.10 Å². The van der Waals surface area contributed by atoms with Crippen LogP contribution in [0.2, 0.25) is 0 Å². The Hall–Kier alpha value is -4.72. The van der Waals surface area contributed by atoms with Gasteiger partial charge >= 0.3 is 5.97 Å². The van der Waals surface area contributed by atoms with Crippen molar-refractivity contribution in [2.45, 2.75) is 13.8 Å². The number of nitrogens with zero attached hydrogens (tertiary/aromatic N) is 2. The molecule has 0 aliphatic heterocycles. The molecule has 0 aliphatic rings. The Kier molecular flexibility index (Phi) is 7.25. The molecule has 0 unspecified atom stereocenters. The highest BCUT2D eigenvalue weighted by Crippen LogP contribution is 2.26. The minimum atomic E-state index is -0.539. The molecule has 0 saturated carbocycles. The van der Waals surface area contributed by atoms with Crippen LogP contribution in [-0.4, -0.2) is 41.2 Å². The van der Waals surface area contributed by atoms with Gasteiger partial charge in [-0.1, -0.05) is 30.3 Å². The van der Waals surface area contributed by atoms with Gasteiger partial charge in [-0.25, -0.2) is 4.68 Å². The summed E-state index contributed by atoms with van der Waals surface area (Å²) in [7, 11) is 1.25. The number of esters is 1.